The summed E-state index contributed by atoms with van der Waals surface area (Å²) in [6.07, 6.45) is 11.0. The number of nitrogens with one attached hydrogen (secondary N) is 1. The van der Waals surface area contributed by atoms with Crippen LogP contribution >= 0.6 is 0 Å². The molecule has 1 aliphatic carbocycles. The molecular weight excluding hydrogens is 350 g/mol. The smallest absolute Gasteiger partial charge is 0.0453 e. The summed E-state index contributed by atoms with van der Waals surface area (Å²) >= 11 is 0. The number of benzene rings is 2. The Kier molecular flexibility index (Phi) is 6.79. The Morgan fingerprint density at radius 2 is 1.83 bits per heavy atom. The first-order valence-corrected chi connectivity index (χ1v) is 11.0. The van der Waals surface area contributed by atoms with Crippen molar-refractivity contribution in [3.05, 3.63) is 83.0 Å². The fraction of sp³-hybridized carbons (Fsp3) is 0.357. The zero-order valence-corrected chi connectivity index (χ0v) is 18.7. The molecule has 0 saturated heterocycles. The summed E-state index contributed by atoms with van der Waals surface area (Å²) in [5.41, 5.74) is 11.7. The molecule has 0 spiro atoms. The van der Waals surface area contributed by atoms with E-state index in [1.165, 1.54) is 44.6 Å². The molecule has 1 atom stereocenters. The third-order valence-electron chi connectivity index (χ3n) is 5.90. The van der Waals surface area contributed by atoms with E-state index in [-0.39, 0.29) is 0 Å². The third-order valence-corrected chi connectivity index (χ3v) is 5.90. The van der Waals surface area contributed by atoms with E-state index in [0.717, 1.165) is 31.3 Å². The van der Waals surface area contributed by atoms with Gasteiger partial charge in [0, 0.05) is 17.3 Å². The van der Waals surface area contributed by atoms with Crippen molar-refractivity contribution in [1.82, 2.24) is 0 Å². The van der Waals surface area contributed by atoms with Crippen molar-refractivity contribution < 1.29 is 0 Å². The Balaban J connectivity index is 2.06. The van der Waals surface area contributed by atoms with E-state index in [2.05, 4.69) is 95.1 Å². The van der Waals surface area contributed by atoms with Crippen LogP contribution in [0.5, 0.6) is 0 Å². The summed E-state index contributed by atoms with van der Waals surface area (Å²) in [6.45, 7) is 15.3. The lowest BCUT2D eigenvalue weighted by Gasteiger charge is -2.25. The lowest BCUT2D eigenvalue weighted by atomic mass is 9.91. The van der Waals surface area contributed by atoms with Gasteiger partial charge in [0.1, 0.15) is 0 Å². The van der Waals surface area contributed by atoms with Gasteiger partial charge in [0.2, 0.25) is 0 Å². The molecule has 2 aromatic rings. The normalized spacial score (nSPS) is 14.4. The fourth-order valence-electron chi connectivity index (χ4n) is 4.18. The van der Waals surface area contributed by atoms with Crippen LogP contribution in [0.15, 0.2) is 60.7 Å². The van der Waals surface area contributed by atoms with Gasteiger partial charge in [0.05, 0.1) is 0 Å². The van der Waals surface area contributed by atoms with E-state index in [0.29, 0.717) is 6.04 Å². The van der Waals surface area contributed by atoms with Crippen molar-refractivity contribution in [3.8, 4) is 11.1 Å². The largest absolute Gasteiger partial charge is 0.378 e. The van der Waals surface area contributed by atoms with Crippen molar-refractivity contribution in [2.24, 2.45) is 0 Å². The van der Waals surface area contributed by atoms with Crippen LogP contribution in [0.2, 0.25) is 0 Å². The molecule has 1 aliphatic rings. The maximum atomic E-state index is 4.30. The van der Waals surface area contributed by atoms with Gasteiger partial charge in [0.25, 0.3) is 0 Å². The molecule has 1 heteroatoms. The van der Waals surface area contributed by atoms with Crippen LogP contribution in [0.1, 0.15) is 62.8 Å². The minimum atomic E-state index is 0.319. The van der Waals surface area contributed by atoms with Crippen molar-refractivity contribution in [3.63, 3.8) is 0 Å². The maximum absolute atomic E-state index is 4.30. The molecule has 0 heterocycles. The van der Waals surface area contributed by atoms with Crippen LogP contribution in [0.4, 0.5) is 5.69 Å². The monoisotopic (exact) mass is 385 g/mol. The second-order valence-corrected chi connectivity index (χ2v) is 8.33. The molecule has 0 radical (unpaired) electrons. The van der Waals surface area contributed by atoms with Gasteiger partial charge < -0.3 is 5.32 Å². The number of hydrogen-bond acceptors (Lipinski definition) is 1. The van der Waals surface area contributed by atoms with Crippen molar-refractivity contribution in [2.45, 2.75) is 66.3 Å². The summed E-state index contributed by atoms with van der Waals surface area (Å²) in [5.74, 6) is 0. The number of rotatable bonds is 7. The zero-order chi connectivity index (χ0) is 21.0. The molecule has 0 saturated carbocycles. The lowest BCUT2D eigenvalue weighted by molar-refractivity contribution is 0.818. The van der Waals surface area contributed by atoms with E-state index < -0.39 is 0 Å². The first-order valence-electron chi connectivity index (χ1n) is 11.0. The van der Waals surface area contributed by atoms with Gasteiger partial charge in [-0.15, -0.1) is 0 Å². The highest BCUT2D eigenvalue weighted by atomic mass is 14.9. The molecule has 0 aromatic heterocycles. The molecule has 0 bridgehead atoms. The van der Waals surface area contributed by atoms with E-state index >= 15 is 0 Å². The topological polar surface area (TPSA) is 12.0 Å². The van der Waals surface area contributed by atoms with Crippen LogP contribution in [0, 0.1) is 6.92 Å². The van der Waals surface area contributed by atoms with Crippen molar-refractivity contribution >= 4 is 11.3 Å². The highest BCUT2D eigenvalue weighted by Crippen LogP contribution is 2.35. The molecule has 2 aromatic carbocycles. The summed E-state index contributed by atoms with van der Waals surface area (Å²) in [5, 5.41) is 3.83. The Morgan fingerprint density at radius 3 is 2.45 bits per heavy atom. The summed E-state index contributed by atoms with van der Waals surface area (Å²) in [7, 11) is 0. The minimum Gasteiger partial charge on any atom is -0.378 e. The second kappa shape index (κ2) is 9.31. The summed E-state index contributed by atoms with van der Waals surface area (Å²) < 4.78 is 0. The predicted octanol–water partition coefficient (Wildman–Crippen LogP) is 7.90. The molecule has 3 rings (SSSR count). The van der Waals surface area contributed by atoms with Gasteiger partial charge in [-0.1, -0.05) is 62.4 Å². The first-order chi connectivity index (χ1) is 13.9. The highest BCUT2D eigenvalue weighted by molar-refractivity contribution is 5.82. The Bertz CT molecular complexity index is 959. The zero-order valence-electron chi connectivity index (χ0n) is 18.7. The maximum Gasteiger partial charge on any atom is 0.0453 e. The number of anilines is 1. The average Bonchev–Trinajstić information content (AvgIpc) is 2.73. The Morgan fingerprint density at radius 1 is 1.07 bits per heavy atom. The lowest BCUT2D eigenvalue weighted by Crippen LogP contribution is -2.20. The molecule has 152 valence electrons. The summed E-state index contributed by atoms with van der Waals surface area (Å²) in [4.78, 5) is 0. The third kappa shape index (κ3) is 4.90. The molecule has 0 amide bonds. The highest BCUT2D eigenvalue weighted by Gasteiger charge is 2.16. The van der Waals surface area contributed by atoms with Crippen LogP contribution in [-0.4, -0.2) is 6.04 Å². The molecular formula is C28H35N. The molecule has 1 nitrogen and oxygen atoms in total. The number of allylic oxidation sites excluding steroid dienone is 4. The van der Waals surface area contributed by atoms with Crippen LogP contribution in [0.3, 0.4) is 0 Å². The fourth-order valence-corrected chi connectivity index (χ4v) is 4.18. The van der Waals surface area contributed by atoms with E-state index in [4.69, 9.17) is 0 Å². The molecule has 1 N–H and O–H groups in total. The number of aryl methyl sites for hydroxylation is 3. The Hall–Kier alpha value is -2.54. The number of hydrogen-bond donors (Lipinski definition) is 1. The molecule has 0 aliphatic heterocycles. The average molecular weight is 386 g/mol. The van der Waals surface area contributed by atoms with Gasteiger partial charge in [-0.25, -0.2) is 0 Å². The van der Waals surface area contributed by atoms with E-state index in [9.17, 15) is 0 Å². The van der Waals surface area contributed by atoms with Crippen molar-refractivity contribution in [1.29, 1.82) is 0 Å². The van der Waals surface area contributed by atoms with Gasteiger partial charge in [-0.05, 0) is 92.0 Å². The van der Waals surface area contributed by atoms with Gasteiger partial charge in [0.15, 0.2) is 0 Å². The van der Waals surface area contributed by atoms with Gasteiger partial charge >= 0.3 is 0 Å². The quantitative estimate of drug-likeness (QED) is 0.511. The van der Waals surface area contributed by atoms with E-state index in [1.54, 1.807) is 0 Å². The van der Waals surface area contributed by atoms with E-state index in [1.807, 2.05) is 0 Å². The van der Waals surface area contributed by atoms with Crippen molar-refractivity contribution in [2.75, 3.05) is 5.32 Å². The van der Waals surface area contributed by atoms with Crippen LogP contribution in [0.25, 0.3) is 16.7 Å². The standard InChI is InChI=1S/C28H35N/c1-7-22-14-20(5)15-25(16-22)26-17-23(8-2)28(27(18-26)19(3)4)29-21(6)24-12-10-9-11-13-24/h9-10,12,14-18,21,29H,3,7-8,11,13H2,1-2,4-6H3. The van der Waals surface area contributed by atoms with Crippen LogP contribution in [-0.2, 0) is 12.8 Å². The summed E-state index contributed by atoms with van der Waals surface area (Å²) in [6, 6.07) is 11.9. The molecule has 1 unspecified atom stereocenters. The molecule has 29 heavy (non-hydrogen) atoms. The predicted molar refractivity (Wildman–Crippen MR) is 130 cm³/mol. The second-order valence-electron chi connectivity index (χ2n) is 8.33. The SMILES string of the molecule is C=C(C)c1cc(-c2cc(C)cc(CC)c2)cc(CC)c1NC(C)C1=CC=CCC1. The van der Waals surface area contributed by atoms with Crippen LogP contribution < -0.4 is 5.32 Å². The first kappa shape index (κ1) is 21.2. The minimum absolute atomic E-state index is 0.319. The van der Waals surface area contributed by atoms with Gasteiger partial charge in [-0.2, -0.15) is 0 Å². The molecule has 0 fully saturated rings. The Labute approximate surface area is 177 Å². The van der Waals surface area contributed by atoms with Gasteiger partial charge in [-0.3, -0.25) is 0 Å².